The van der Waals surface area contributed by atoms with Crippen LogP contribution in [-0.4, -0.2) is 21.5 Å². The number of fused-ring (bicyclic) bond motifs is 1. The number of rotatable bonds is 4. The number of nitrogens with one attached hydrogen (secondary N) is 2. The third-order valence-electron chi connectivity index (χ3n) is 2.34. The zero-order valence-electron chi connectivity index (χ0n) is 9.17. The molecule has 15 heavy (non-hydrogen) atoms. The SMILES string of the molecule is CCCNCc1ccnc2nc(C)[nH]c12. The maximum Gasteiger partial charge on any atom is 0.177 e. The summed E-state index contributed by atoms with van der Waals surface area (Å²) in [5.74, 6) is 0.917. The quantitative estimate of drug-likeness (QED) is 0.746. The first-order valence-corrected chi connectivity index (χ1v) is 5.32. The summed E-state index contributed by atoms with van der Waals surface area (Å²) in [6, 6.07) is 2.03. The number of nitrogens with zero attached hydrogens (tertiary/aromatic N) is 2. The van der Waals surface area contributed by atoms with Crippen LogP contribution in [0.4, 0.5) is 0 Å². The Bertz CT molecular complexity index is 447. The van der Waals surface area contributed by atoms with Crippen LogP contribution in [0.15, 0.2) is 12.3 Å². The normalized spacial score (nSPS) is 11.1. The highest BCUT2D eigenvalue weighted by molar-refractivity contribution is 5.74. The van der Waals surface area contributed by atoms with Crippen molar-refractivity contribution in [1.82, 2.24) is 20.3 Å². The molecule has 2 aromatic rings. The van der Waals surface area contributed by atoms with Gasteiger partial charge in [0.1, 0.15) is 5.82 Å². The van der Waals surface area contributed by atoms with Gasteiger partial charge in [0.2, 0.25) is 0 Å². The number of hydrogen-bond donors (Lipinski definition) is 2. The van der Waals surface area contributed by atoms with Gasteiger partial charge in [0.15, 0.2) is 5.65 Å². The first-order valence-electron chi connectivity index (χ1n) is 5.32. The molecule has 0 fully saturated rings. The summed E-state index contributed by atoms with van der Waals surface area (Å²) in [6.07, 6.45) is 2.96. The van der Waals surface area contributed by atoms with Crippen molar-refractivity contribution in [2.24, 2.45) is 0 Å². The number of pyridine rings is 1. The third kappa shape index (κ3) is 2.15. The number of H-pyrrole nitrogens is 1. The Hall–Kier alpha value is -1.42. The van der Waals surface area contributed by atoms with Crippen LogP contribution in [-0.2, 0) is 6.54 Å². The minimum Gasteiger partial charge on any atom is -0.341 e. The summed E-state index contributed by atoms with van der Waals surface area (Å²) in [6.45, 7) is 6.02. The minimum absolute atomic E-state index is 0.809. The molecule has 0 amide bonds. The van der Waals surface area contributed by atoms with Gasteiger partial charge in [-0.05, 0) is 31.5 Å². The van der Waals surface area contributed by atoms with Crippen LogP contribution in [0.5, 0.6) is 0 Å². The molecule has 0 unspecified atom stereocenters. The fourth-order valence-electron chi connectivity index (χ4n) is 1.63. The van der Waals surface area contributed by atoms with E-state index in [1.54, 1.807) is 0 Å². The molecule has 0 aromatic carbocycles. The van der Waals surface area contributed by atoms with E-state index in [-0.39, 0.29) is 0 Å². The number of hydrogen-bond acceptors (Lipinski definition) is 3. The molecule has 0 aliphatic heterocycles. The molecule has 2 rings (SSSR count). The van der Waals surface area contributed by atoms with Gasteiger partial charge in [-0.15, -0.1) is 0 Å². The van der Waals surface area contributed by atoms with Gasteiger partial charge in [-0.3, -0.25) is 0 Å². The van der Waals surface area contributed by atoms with Crippen molar-refractivity contribution in [2.45, 2.75) is 26.8 Å². The van der Waals surface area contributed by atoms with Crippen LogP contribution < -0.4 is 5.32 Å². The van der Waals surface area contributed by atoms with E-state index >= 15 is 0 Å². The maximum absolute atomic E-state index is 4.31. The predicted octanol–water partition coefficient (Wildman–Crippen LogP) is 1.77. The monoisotopic (exact) mass is 204 g/mol. The van der Waals surface area contributed by atoms with Gasteiger partial charge in [0.05, 0.1) is 5.52 Å². The lowest BCUT2D eigenvalue weighted by atomic mass is 10.2. The lowest BCUT2D eigenvalue weighted by Crippen LogP contribution is -2.14. The summed E-state index contributed by atoms with van der Waals surface area (Å²) in [5.41, 5.74) is 3.09. The Morgan fingerprint density at radius 3 is 3.13 bits per heavy atom. The molecule has 0 aliphatic carbocycles. The maximum atomic E-state index is 4.31. The second-order valence-corrected chi connectivity index (χ2v) is 3.67. The molecule has 0 saturated heterocycles. The highest BCUT2D eigenvalue weighted by Gasteiger charge is 2.04. The molecular weight excluding hydrogens is 188 g/mol. The first kappa shape index (κ1) is 10.1. The first-order chi connectivity index (χ1) is 7.31. The molecule has 0 saturated carbocycles. The number of aryl methyl sites for hydroxylation is 1. The zero-order chi connectivity index (χ0) is 10.7. The second-order valence-electron chi connectivity index (χ2n) is 3.67. The van der Waals surface area contributed by atoms with Crippen LogP contribution in [0.2, 0.25) is 0 Å². The van der Waals surface area contributed by atoms with E-state index < -0.39 is 0 Å². The lowest BCUT2D eigenvalue weighted by molar-refractivity contribution is 0.677. The number of aromatic amines is 1. The van der Waals surface area contributed by atoms with Crippen LogP contribution in [0, 0.1) is 6.92 Å². The summed E-state index contributed by atoms with van der Waals surface area (Å²) >= 11 is 0. The summed E-state index contributed by atoms with van der Waals surface area (Å²) in [7, 11) is 0. The van der Waals surface area contributed by atoms with Gasteiger partial charge in [-0.2, -0.15) is 0 Å². The molecule has 2 aromatic heterocycles. The molecule has 2 heterocycles. The van der Waals surface area contributed by atoms with Crippen molar-refractivity contribution in [1.29, 1.82) is 0 Å². The Labute approximate surface area is 89.1 Å². The molecule has 0 spiro atoms. The van der Waals surface area contributed by atoms with Crippen molar-refractivity contribution in [2.75, 3.05) is 6.54 Å². The average molecular weight is 204 g/mol. The van der Waals surface area contributed by atoms with E-state index in [9.17, 15) is 0 Å². The van der Waals surface area contributed by atoms with Crippen molar-refractivity contribution in [3.05, 3.63) is 23.7 Å². The van der Waals surface area contributed by atoms with Gasteiger partial charge in [-0.1, -0.05) is 6.92 Å². The molecule has 2 N–H and O–H groups in total. The smallest absolute Gasteiger partial charge is 0.177 e. The van der Waals surface area contributed by atoms with Crippen LogP contribution in [0.1, 0.15) is 24.7 Å². The second kappa shape index (κ2) is 4.40. The molecule has 0 aliphatic rings. The topological polar surface area (TPSA) is 53.6 Å². The van der Waals surface area contributed by atoms with Gasteiger partial charge in [0.25, 0.3) is 0 Å². The van der Waals surface area contributed by atoms with Crippen LogP contribution in [0.3, 0.4) is 0 Å². The average Bonchev–Trinajstić information content (AvgIpc) is 2.59. The van der Waals surface area contributed by atoms with Gasteiger partial charge < -0.3 is 10.3 Å². The van der Waals surface area contributed by atoms with Crippen molar-refractivity contribution in [3.8, 4) is 0 Å². The molecule has 0 atom stereocenters. The van der Waals surface area contributed by atoms with Crippen molar-refractivity contribution < 1.29 is 0 Å². The van der Waals surface area contributed by atoms with Crippen molar-refractivity contribution >= 4 is 11.2 Å². The van der Waals surface area contributed by atoms with E-state index in [0.717, 1.165) is 36.5 Å². The highest BCUT2D eigenvalue weighted by atomic mass is 15.0. The fourth-order valence-corrected chi connectivity index (χ4v) is 1.63. The van der Waals surface area contributed by atoms with E-state index in [4.69, 9.17) is 0 Å². The standard InChI is InChI=1S/C11H16N4/c1-3-5-12-7-9-4-6-13-11-10(9)14-8(2)15-11/h4,6,12H,3,5,7H2,1-2H3,(H,13,14,15). The molecule has 0 radical (unpaired) electrons. The largest absolute Gasteiger partial charge is 0.341 e. The Balaban J connectivity index is 2.25. The summed E-state index contributed by atoms with van der Waals surface area (Å²) < 4.78 is 0. The summed E-state index contributed by atoms with van der Waals surface area (Å²) in [4.78, 5) is 11.8. The molecule has 4 heteroatoms. The Kier molecular flexibility index (Phi) is 2.97. The minimum atomic E-state index is 0.809. The third-order valence-corrected chi connectivity index (χ3v) is 2.34. The molecule has 4 nitrogen and oxygen atoms in total. The van der Waals surface area contributed by atoms with Gasteiger partial charge in [0, 0.05) is 12.7 Å². The number of imidazole rings is 1. The summed E-state index contributed by atoms with van der Waals surface area (Å²) in [5, 5.41) is 3.38. The Morgan fingerprint density at radius 1 is 1.47 bits per heavy atom. The van der Waals surface area contributed by atoms with Crippen molar-refractivity contribution in [3.63, 3.8) is 0 Å². The lowest BCUT2D eigenvalue weighted by Gasteiger charge is -2.03. The molecular formula is C11H16N4. The molecule has 0 bridgehead atoms. The fraction of sp³-hybridized carbons (Fsp3) is 0.455. The van der Waals surface area contributed by atoms with E-state index in [0.29, 0.717) is 0 Å². The van der Waals surface area contributed by atoms with E-state index in [1.165, 1.54) is 5.56 Å². The Morgan fingerprint density at radius 2 is 2.33 bits per heavy atom. The van der Waals surface area contributed by atoms with Crippen LogP contribution in [0.25, 0.3) is 11.2 Å². The van der Waals surface area contributed by atoms with Crippen LogP contribution >= 0.6 is 0 Å². The van der Waals surface area contributed by atoms with E-state index in [1.807, 2.05) is 19.2 Å². The predicted molar refractivity (Wildman–Crippen MR) is 60.6 cm³/mol. The zero-order valence-corrected chi connectivity index (χ0v) is 9.17. The van der Waals surface area contributed by atoms with Gasteiger partial charge in [-0.25, -0.2) is 9.97 Å². The molecule has 80 valence electrons. The van der Waals surface area contributed by atoms with Gasteiger partial charge >= 0.3 is 0 Å². The highest BCUT2D eigenvalue weighted by Crippen LogP contribution is 2.13. The number of aromatic nitrogens is 3. The van der Waals surface area contributed by atoms with E-state index in [2.05, 4.69) is 27.2 Å².